The normalized spacial score (nSPS) is 37.7. The van der Waals surface area contributed by atoms with Crippen molar-refractivity contribution in [3.63, 3.8) is 0 Å². The zero-order valence-corrected chi connectivity index (χ0v) is 43.8. The SMILES string of the molecule is CC.CN1C(=O)C=C[C@]2(C)C3CC[C@]4(C)[C@@H](C(=O)Sc5ccccn5)CC[C@H]4C3CC[C@@H]12.CN1C(=O)C=C[C@]2(C)C3CC[C@]4(C)[C@@H](c5nc6ccccc6[nH]5)CC[C@H]4C3CC[C@@H]12.Nc1cccnc1N. The number of amides is 2. The van der Waals surface area contributed by atoms with E-state index in [0.717, 1.165) is 60.9 Å². The van der Waals surface area contributed by atoms with Crippen LogP contribution in [-0.4, -0.2) is 72.8 Å². The van der Waals surface area contributed by atoms with Crippen LogP contribution in [0.5, 0.6) is 0 Å². The van der Waals surface area contributed by atoms with Crippen molar-refractivity contribution in [1.29, 1.82) is 0 Å². The molecule has 2 amide bonds. The Labute approximate surface area is 420 Å². The van der Waals surface area contributed by atoms with E-state index in [1.807, 2.05) is 62.0 Å². The number of carbonyl (C=O) groups excluding carboxylic acids is 3. The van der Waals surface area contributed by atoms with Gasteiger partial charge in [-0.15, -0.1) is 0 Å². The number of nitrogens with zero attached hydrogens (tertiary/aromatic N) is 5. The number of pyridine rings is 2. The van der Waals surface area contributed by atoms with Gasteiger partial charge >= 0.3 is 0 Å². The molecule has 14 atom stereocenters. The highest BCUT2D eigenvalue weighted by Crippen LogP contribution is 2.68. The van der Waals surface area contributed by atoms with Crippen LogP contribution in [0.2, 0.25) is 0 Å². The van der Waals surface area contributed by atoms with Crippen LogP contribution in [-0.2, 0) is 14.4 Å². The largest absolute Gasteiger partial charge is 0.396 e. The summed E-state index contributed by atoms with van der Waals surface area (Å²) in [7, 11) is 3.98. The zero-order chi connectivity index (χ0) is 49.8. The molecule has 11 nitrogen and oxygen atoms in total. The number of thioether (sulfide) groups is 1. The molecule has 0 spiro atoms. The minimum Gasteiger partial charge on any atom is -0.396 e. The number of para-hydroxylation sites is 2. The molecular formula is C58H78N8O3S. The van der Waals surface area contributed by atoms with Crippen LogP contribution in [0, 0.1) is 63.1 Å². The van der Waals surface area contributed by atoms with Crippen LogP contribution >= 0.6 is 11.8 Å². The standard InChI is InChI=1S/C26H33N3O.C25H32N2O2S.C5H7N3.C2H6/c1-25-14-12-18-16(8-11-22-26(18,2)15-13-23(30)29(22)3)17(25)9-10-19(25)24-27-20-6-4-5-7-21(20)28-24;1-24-13-11-18-16(7-10-20-25(18,2)14-12-22(28)27(20)3)17(24)8-9-19(24)23(29)30-21-6-4-5-15-26-21;6-4-2-1-3-8-5(4)7;1-2/h4-7,13,15-19,22H,8-12,14H2,1-3H3,(H,27,28);4-6,12,14-20H,7-11,13H2,1-3H3;1-3H,6H2,(H2,7,8);1-2H3/t16?,17-,18?,19+,22+,25-,26+;16?,17-,18?,19+,20+,24-,25+;;/m00../s1. The molecular weight excluding hydrogens is 889 g/mol. The number of aromatic amines is 1. The van der Waals surface area contributed by atoms with E-state index in [-0.39, 0.29) is 34.0 Å². The number of anilines is 2. The van der Waals surface area contributed by atoms with Gasteiger partial charge in [0.1, 0.15) is 16.7 Å². The van der Waals surface area contributed by atoms with E-state index in [4.69, 9.17) is 16.5 Å². The number of benzene rings is 1. The Morgan fingerprint density at radius 3 is 1.80 bits per heavy atom. The minimum absolute atomic E-state index is 0.0672. The Morgan fingerprint density at radius 1 is 0.657 bits per heavy atom. The number of likely N-dealkylation sites (N-methyl/N-ethyl adjacent to an activating group) is 2. The lowest BCUT2D eigenvalue weighted by Gasteiger charge is -2.60. The van der Waals surface area contributed by atoms with Crippen molar-refractivity contribution in [1.82, 2.24) is 29.7 Å². The van der Waals surface area contributed by atoms with Gasteiger partial charge in [0.25, 0.3) is 0 Å². The maximum atomic E-state index is 13.3. The molecule has 3 aromatic heterocycles. The highest BCUT2D eigenvalue weighted by Gasteiger charge is 2.63. The lowest BCUT2D eigenvalue weighted by Crippen LogP contribution is -2.59. The third kappa shape index (κ3) is 8.49. The second-order valence-electron chi connectivity index (χ2n) is 22.8. The highest BCUT2D eigenvalue weighted by molar-refractivity contribution is 8.13. The summed E-state index contributed by atoms with van der Waals surface area (Å²) in [5, 5.41) is 1.12. The van der Waals surface area contributed by atoms with Crippen LogP contribution in [0.15, 0.2) is 96.3 Å². The van der Waals surface area contributed by atoms with E-state index >= 15 is 0 Å². The van der Waals surface area contributed by atoms with Crippen LogP contribution in [0.1, 0.15) is 130 Å². The minimum atomic E-state index is 0.0672. The number of imidazole rings is 1. The number of fused-ring (bicyclic) bond motifs is 11. The first-order valence-corrected chi connectivity index (χ1v) is 27.3. The maximum absolute atomic E-state index is 13.3. The molecule has 374 valence electrons. The number of carbonyl (C=O) groups is 3. The summed E-state index contributed by atoms with van der Waals surface area (Å²) in [6.07, 6.45) is 25.8. The van der Waals surface area contributed by atoms with Crippen LogP contribution in [0.4, 0.5) is 11.5 Å². The lowest BCUT2D eigenvalue weighted by atomic mass is 9.47. The van der Waals surface area contributed by atoms with E-state index in [0.29, 0.717) is 63.7 Å². The van der Waals surface area contributed by atoms with Gasteiger partial charge in [-0.05, 0) is 184 Å². The molecule has 8 aliphatic rings. The Bertz CT molecular complexity index is 2560. The first-order chi connectivity index (χ1) is 33.6. The van der Waals surface area contributed by atoms with Gasteiger partial charge in [0.15, 0.2) is 5.12 Å². The van der Waals surface area contributed by atoms with Crippen LogP contribution < -0.4 is 11.5 Å². The van der Waals surface area contributed by atoms with E-state index in [1.165, 1.54) is 61.6 Å². The molecule has 4 aromatic rings. The van der Waals surface area contributed by atoms with E-state index < -0.39 is 0 Å². The van der Waals surface area contributed by atoms with Gasteiger partial charge in [-0.25, -0.2) is 15.0 Å². The molecule has 0 radical (unpaired) electrons. The lowest BCUT2D eigenvalue weighted by molar-refractivity contribution is -0.140. The smallest absolute Gasteiger partial charge is 0.246 e. The van der Waals surface area contributed by atoms with Crippen molar-refractivity contribution in [2.24, 2.45) is 63.1 Å². The third-order valence-corrected chi connectivity index (χ3v) is 20.9. The summed E-state index contributed by atoms with van der Waals surface area (Å²) in [5.74, 6) is 6.72. The second kappa shape index (κ2) is 19.6. The highest BCUT2D eigenvalue weighted by atomic mass is 32.2. The fourth-order valence-corrected chi connectivity index (χ4v) is 17.5. The van der Waals surface area contributed by atoms with Gasteiger partial charge < -0.3 is 26.3 Å². The van der Waals surface area contributed by atoms with Gasteiger partial charge in [-0.2, -0.15) is 0 Å². The summed E-state index contributed by atoms with van der Waals surface area (Å²) in [5.41, 5.74) is 14.0. The van der Waals surface area contributed by atoms with Gasteiger partial charge in [0, 0.05) is 61.2 Å². The number of rotatable bonds is 3. The molecule has 6 saturated carbocycles. The van der Waals surface area contributed by atoms with E-state index in [9.17, 15) is 14.4 Å². The average molecular weight is 967 g/mol. The van der Waals surface area contributed by atoms with Crippen molar-refractivity contribution in [3.8, 4) is 0 Å². The van der Waals surface area contributed by atoms with Gasteiger partial charge in [-0.1, -0.05) is 71.9 Å². The summed E-state index contributed by atoms with van der Waals surface area (Å²) < 4.78 is 0. The summed E-state index contributed by atoms with van der Waals surface area (Å²) in [4.78, 5) is 58.6. The molecule has 5 heterocycles. The van der Waals surface area contributed by atoms with Crippen LogP contribution in [0.25, 0.3) is 11.0 Å². The third-order valence-electron chi connectivity index (χ3n) is 20.0. The molecule has 4 unspecified atom stereocenters. The van der Waals surface area contributed by atoms with Crippen molar-refractivity contribution >= 4 is 51.2 Å². The predicted octanol–water partition coefficient (Wildman–Crippen LogP) is 11.5. The summed E-state index contributed by atoms with van der Waals surface area (Å²) >= 11 is 1.34. The fourth-order valence-electron chi connectivity index (χ4n) is 16.5. The first kappa shape index (κ1) is 50.0. The molecule has 70 heavy (non-hydrogen) atoms. The van der Waals surface area contributed by atoms with Crippen molar-refractivity contribution in [3.05, 3.63) is 97.1 Å². The zero-order valence-electron chi connectivity index (χ0n) is 42.9. The molecule has 6 aliphatic carbocycles. The Balaban J connectivity index is 0.000000146. The number of nitrogens with two attached hydrogens (primary N) is 2. The fraction of sp³-hybridized carbons (Fsp3) is 0.586. The summed E-state index contributed by atoms with van der Waals surface area (Å²) in [6.45, 7) is 13.8. The molecule has 5 N–H and O–H groups in total. The van der Waals surface area contributed by atoms with E-state index in [2.05, 4.69) is 79.1 Å². The molecule has 12 rings (SSSR count). The molecule has 0 saturated heterocycles. The number of nitrogens with one attached hydrogen (secondary N) is 1. The van der Waals surface area contributed by atoms with Crippen LogP contribution in [0.3, 0.4) is 0 Å². The van der Waals surface area contributed by atoms with E-state index in [1.54, 1.807) is 30.6 Å². The van der Waals surface area contributed by atoms with Crippen molar-refractivity contribution in [2.75, 3.05) is 25.6 Å². The Kier molecular flexibility index (Phi) is 14.0. The van der Waals surface area contributed by atoms with Gasteiger partial charge in [0.05, 0.1) is 16.7 Å². The Morgan fingerprint density at radius 2 is 1.23 bits per heavy atom. The molecule has 1 aromatic carbocycles. The Hall–Kier alpha value is -4.97. The average Bonchev–Trinajstić information content (AvgIpc) is 4.06. The first-order valence-electron chi connectivity index (χ1n) is 26.5. The topological polar surface area (TPSA) is 164 Å². The number of hydrogen-bond donors (Lipinski definition) is 3. The van der Waals surface area contributed by atoms with Crippen molar-refractivity contribution in [2.45, 2.75) is 142 Å². The molecule has 12 heteroatoms. The molecule has 2 aliphatic heterocycles. The maximum Gasteiger partial charge on any atom is 0.246 e. The number of aromatic nitrogens is 4. The quantitative estimate of drug-likeness (QED) is 0.170. The van der Waals surface area contributed by atoms with Gasteiger partial charge in [-0.3, -0.25) is 14.4 Å². The molecule has 0 bridgehead atoms. The number of hydrogen-bond acceptors (Lipinski definition) is 9. The molecule has 6 fully saturated rings. The number of H-pyrrole nitrogens is 1. The monoisotopic (exact) mass is 967 g/mol. The van der Waals surface area contributed by atoms with Gasteiger partial charge in [0.2, 0.25) is 11.8 Å². The predicted molar refractivity (Wildman–Crippen MR) is 282 cm³/mol. The summed E-state index contributed by atoms with van der Waals surface area (Å²) in [6, 6.07) is 18.4. The van der Waals surface area contributed by atoms with Crippen molar-refractivity contribution < 1.29 is 14.4 Å². The second-order valence-corrected chi connectivity index (χ2v) is 23.8. The number of nitrogen functional groups attached to an aromatic ring is 2.